The van der Waals surface area contributed by atoms with Crippen molar-refractivity contribution in [3.63, 3.8) is 0 Å². The molecular formula is C19H17Cl2N3O. The van der Waals surface area contributed by atoms with Crippen LogP contribution >= 0.6 is 23.2 Å². The van der Waals surface area contributed by atoms with Crippen LogP contribution in [0.1, 0.15) is 28.8 Å². The first-order valence-corrected chi connectivity index (χ1v) is 8.64. The van der Waals surface area contributed by atoms with Gasteiger partial charge in [-0.05, 0) is 35.9 Å². The summed E-state index contributed by atoms with van der Waals surface area (Å²) in [5.74, 6) is -0.141. The number of nitrogens with one attached hydrogen (secondary N) is 2. The summed E-state index contributed by atoms with van der Waals surface area (Å²) in [6.45, 7) is 2.42. The third-order valence-corrected chi connectivity index (χ3v) is 4.66. The fourth-order valence-corrected chi connectivity index (χ4v) is 3.45. The molecule has 6 heteroatoms. The van der Waals surface area contributed by atoms with Gasteiger partial charge >= 0.3 is 0 Å². The van der Waals surface area contributed by atoms with Gasteiger partial charge in [0.25, 0.3) is 5.91 Å². The van der Waals surface area contributed by atoms with Crippen LogP contribution in [0.5, 0.6) is 0 Å². The van der Waals surface area contributed by atoms with Crippen LogP contribution in [-0.4, -0.2) is 22.6 Å². The number of H-pyrrole nitrogens is 1. The fourth-order valence-electron chi connectivity index (χ4n) is 2.68. The lowest BCUT2D eigenvalue weighted by Gasteiger charge is -2.16. The molecule has 3 rings (SSSR count). The van der Waals surface area contributed by atoms with E-state index in [-0.39, 0.29) is 11.8 Å². The van der Waals surface area contributed by atoms with E-state index in [1.54, 1.807) is 30.5 Å². The van der Waals surface area contributed by atoms with E-state index in [0.29, 0.717) is 22.2 Å². The number of benzene rings is 2. The Kier molecular flexibility index (Phi) is 5.41. The molecule has 1 amide bonds. The number of nitrogens with zero attached hydrogens (tertiary/aromatic N) is 1. The van der Waals surface area contributed by atoms with Crippen molar-refractivity contribution >= 4 is 29.1 Å². The Balaban J connectivity index is 1.70. The summed E-state index contributed by atoms with van der Waals surface area (Å²) >= 11 is 12.5. The molecule has 2 N–H and O–H groups in total. The van der Waals surface area contributed by atoms with Crippen LogP contribution in [0.25, 0.3) is 11.3 Å². The molecule has 1 heterocycles. The molecule has 0 aliphatic carbocycles. The SMILES string of the molecule is CC(CNC(=O)c1cccc(-c2ccn[nH]2)c1)c1c(Cl)cccc1Cl. The predicted molar refractivity (Wildman–Crippen MR) is 101 cm³/mol. The van der Waals surface area contributed by atoms with Gasteiger partial charge in [-0.1, -0.05) is 48.3 Å². The predicted octanol–water partition coefficient (Wildman–Crippen LogP) is 4.92. The fraction of sp³-hybridized carbons (Fsp3) is 0.158. The van der Waals surface area contributed by atoms with Crippen LogP contribution in [-0.2, 0) is 0 Å². The molecule has 0 radical (unpaired) electrons. The minimum absolute atomic E-state index is 0.000870. The number of hydrogen-bond donors (Lipinski definition) is 2. The maximum absolute atomic E-state index is 12.5. The molecule has 25 heavy (non-hydrogen) atoms. The van der Waals surface area contributed by atoms with E-state index in [0.717, 1.165) is 16.8 Å². The monoisotopic (exact) mass is 373 g/mol. The molecular weight excluding hydrogens is 357 g/mol. The lowest BCUT2D eigenvalue weighted by Crippen LogP contribution is -2.27. The van der Waals surface area contributed by atoms with Crippen LogP contribution < -0.4 is 5.32 Å². The average molecular weight is 374 g/mol. The minimum atomic E-state index is -0.142. The van der Waals surface area contributed by atoms with E-state index in [4.69, 9.17) is 23.2 Å². The van der Waals surface area contributed by atoms with Gasteiger partial charge in [0.05, 0.1) is 5.69 Å². The highest BCUT2D eigenvalue weighted by molar-refractivity contribution is 6.36. The van der Waals surface area contributed by atoms with Gasteiger partial charge in [-0.15, -0.1) is 0 Å². The molecule has 128 valence electrons. The van der Waals surface area contributed by atoms with E-state index in [9.17, 15) is 4.79 Å². The van der Waals surface area contributed by atoms with Crippen LogP contribution in [0.4, 0.5) is 0 Å². The largest absolute Gasteiger partial charge is 0.351 e. The maximum atomic E-state index is 12.5. The molecule has 0 spiro atoms. The molecule has 0 bridgehead atoms. The van der Waals surface area contributed by atoms with E-state index in [2.05, 4.69) is 15.5 Å². The third-order valence-electron chi connectivity index (χ3n) is 4.00. The summed E-state index contributed by atoms with van der Waals surface area (Å²) in [5.41, 5.74) is 3.21. The van der Waals surface area contributed by atoms with Crippen molar-refractivity contribution in [1.82, 2.24) is 15.5 Å². The molecule has 0 aliphatic heterocycles. The quantitative estimate of drug-likeness (QED) is 0.666. The normalized spacial score (nSPS) is 12.0. The molecule has 0 aliphatic rings. The van der Waals surface area contributed by atoms with E-state index in [1.165, 1.54) is 0 Å². The second-order valence-corrected chi connectivity index (χ2v) is 6.61. The van der Waals surface area contributed by atoms with Crippen molar-refractivity contribution in [1.29, 1.82) is 0 Å². The number of aromatic nitrogens is 2. The Labute approximate surface area is 156 Å². The summed E-state index contributed by atoms with van der Waals surface area (Å²) < 4.78 is 0. The van der Waals surface area contributed by atoms with E-state index >= 15 is 0 Å². The van der Waals surface area contributed by atoms with Crippen molar-refractivity contribution in [3.8, 4) is 11.3 Å². The number of rotatable bonds is 5. The van der Waals surface area contributed by atoms with E-state index in [1.807, 2.05) is 31.2 Å². The maximum Gasteiger partial charge on any atom is 0.251 e. The lowest BCUT2D eigenvalue weighted by atomic mass is 10.0. The van der Waals surface area contributed by atoms with Gasteiger partial charge in [0.1, 0.15) is 0 Å². The molecule has 0 saturated carbocycles. The average Bonchev–Trinajstić information content (AvgIpc) is 3.14. The van der Waals surface area contributed by atoms with Gasteiger partial charge in [-0.25, -0.2) is 0 Å². The molecule has 0 fully saturated rings. The third kappa shape index (κ3) is 4.03. The zero-order valence-corrected chi connectivity index (χ0v) is 15.1. The number of aromatic amines is 1. The first-order chi connectivity index (χ1) is 12.1. The van der Waals surface area contributed by atoms with Gasteiger partial charge in [0.15, 0.2) is 0 Å². The molecule has 0 saturated heterocycles. The second-order valence-electron chi connectivity index (χ2n) is 5.80. The van der Waals surface area contributed by atoms with Gasteiger partial charge < -0.3 is 5.32 Å². The van der Waals surface area contributed by atoms with Gasteiger partial charge in [-0.3, -0.25) is 9.89 Å². The highest BCUT2D eigenvalue weighted by atomic mass is 35.5. The lowest BCUT2D eigenvalue weighted by molar-refractivity contribution is 0.0951. The Morgan fingerprint density at radius 2 is 1.88 bits per heavy atom. The summed E-state index contributed by atoms with van der Waals surface area (Å²) in [4.78, 5) is 12.5. The Morgan fingerprint density at radius 3 is 2.56 bits per heavy atom. The van der Waals surface area contributed by atoms with Gasteiger partial charge in [-0.2, -0.15) is 5.10 Å². The number of hydrogen-bond acceptors (Lipinski definition) is 2. The van der Waals surface area contributed by atoms with Gasteiger partial charge in [0, 0.05) is 39.8 Å². The first kappa shape index (κ1) is 17.5. The van der Waals surface area contributed by atoms with Crippen molar-refractivity contribution in [2.75, 3.05) is 6.54 Å². The van der Waals surface area contributed by atoms with Gasteiger partial charge in [0.2, 0.25) is 0 Å². The Morgan fingerprint density at radius 1 is 1.16 bits per heavy atom. The van der Waals surface area contributed by atoms with Crippen molar-refractivity contribution in [2.45, 2.75) is 12.8 Å². The minimum Gasteiger partial charge on any atom is -0.351 e. The van der Waals surface area contributed by atoms with Crippen molar-refractivity contribution < 1.29 is 4.79 Å². The summed E-state index contributed by atoms with van der Waals surface area (Å²) in [7, 11) is 0. The molecule has 2 aromatic carbocycles. The van der Waals surface area contributed by atoms with Crippen LogP contribution in [0.3, 0.4) is 0 Å². The highest BCUT2D eigenvalue weighted by Gasteiger charge is 2.15. The Hall–Kier alpha value is -2.30. The molecule has 1 unspecified atom stereocenters. The van der Waals surface area contributed by atoms with Crippen LogP contribution in [0.15, 0.2) is 54.7 Å². The highest BCUT2D eigenvalue weighted by Crippen LogP contribution is 2.31. The summed E-state index contributed by atoms with van der Waals surface area (Å²) in [6, 6.07) is 14.6. The number of amides is 1. The topological polar surface area (TPSA) is 57.8 Å². The first-order valence-electron chi connectivity index (χ1n) is 7.88. The van der Waals surface area contributed by atoms with Crippen molar-refractivity contribution in [3.05, 3.63) is 75.9 Å². The van der Waals surface area contributed by atoms with Crippen LogP contribution in [0, 0.1) is 0 Å². The molecule has 3 aromatic rings. The number of carbonyl (C=O) groups is 1. The van der Waals surface area contributed by atoms with E-state index < -0.39 is 0 Å². The zero-order valence-electron chi connectivity index (χ0n) is 13.6. The zero-order chi connectivity index (χ0) is 17.8. The summed E-state index contributed by atoms with van der Waals surface area (Å²) in [5, 5.41) is 11.0. The molecule has 4 nitrogen and oxygen atoms in total. The number of carbonyl (C=O) groups excluding carboxylic acids is 1. The number of halogens is 2. The van der Waals surface area contributed by atoms with Crippen LogP contribution in [0.2, 0.25) is 10.0 Å². The smallest absolute Gasteiger partial charge is 0.251 e. The molecule has 1 aromatic heterocycles. The summed E-state index contributed by atoms with van der Waals surface area (Å²) in [6.07, 6.45) is 1.68. The second kappa shape index (κ2) is 7.72. The van der Waals surface area contributed by atoms with Crippen molar-refractivity contribution in [2.24, 2.45) is 0 Å². The Bertz CT molecular complexity index is 858. The molecule has 1 atom stereocenters. The standard InChI is InChI=1S/C19H17Cl2N3O/c1-12(18-15(20)6-3-7-16(18)21)11-22-19(25)14-5-2-4-13(10-14)17-8-9-23-24-17/h2-10,12H,11H2,1H3,(H,22,25)(H,23,24).